The first kappa shape index (κ1) is 24.1. The molecular weight excluding hydrogens is 446 g/mol. The molecule has 1 saturated carbocycles. The van der Waals surface area contributed by atoms with Gasteiger partial charge in [0.15, 0.2) is 0 Å². The molecule has 1 aliphatic rings. The van der Waals surface area contributed by atoms with E-state index in [4.69, 9.17) is 9.72 Å². The summed E-state index contributed by atoms with van der Waals surface area (Å²) in [5.41, 5.74) is 1.07. The van der Waals surface area contributed by atoms with E-state index in [1.165, 1.54) is 19.2 Å². The van der Waals surface area contributed by atoms with Crippen LogP contribution < -0.4 is 4.90 Å². The van der Waals surface area contributed by atoms with Gasteiger partial charge in [-0.15, -0.1) is 0 Å². The van der Waals surface area contributed by atoms with Crippen molar-refractivity contribution in [2.24, 2.45) is 0 Å². The van der Waals surface area contributed by atoms with Gasteiger partial charge in [-0.1, -0.05) is 60.7 Å². The Balaban J connectivity index is 1.83. The third kappa shape index (κ3) is 5.21. The fourth-order valence-corrected chi connectivity index (χ4v) is 4.61. The highest BCUT2D eigenvalue weighted by molar-refractivity contribution is 5.88. The van der Waals surface area contributed by atoms with Crippen LogP contribution in [0.25, 0.3) is 0 Å². The summed E-state index contributed by atoms with van der Waals surface area (Å²) in [5.74, 6) is -0.211. The molecule has 2 aromatic carbocycles. The molecule has 35 heavy (non-hydrogen) atoms. The zero-order valence-electron chi connectivity index (χ0n) is 19.6. The number of Topliss-reactive ketones (excluding diaryl/α,β-unsaturated/α-hetero) is 1. The number of methoxy groups -OCH3 is 1. The minimum atomic E-state index is -1.11. The van der Waals surface area contributed by atoms with Crippen molar-refractivity contribution in [2.75, 3.05) is 12.0 Å². The summed E-state index contributed by atoms with van der Waals surface area (Å²) in [6, 6.07) is 22.2. The third-order valence-electron chi connectivity index (χ3n) is 6.51. The number of pyridine rings is 1. The summed E-state index contributed by atoms with van der Waals surface area (Å²) >= 11 is 0. The molecule has 0 spiro atoms. The number of hydrogen-bond donors (Lipinski definition) is 0. The van der Waals surface area contributed by atoms with E-state index in [0.717, 1.165) is 11.1 Å². The van der Waals surface area contributed by atoms with Crippen LogP contribution in [0.5, 0.6) is 0 Å². The largest absolute Gasteiger partial charge is 0.468 e. The first-order chi connectivity index (χ1) is 16.9. The number of ketones is 1. The van der Waals surface area contributed by atoms with Gasteiger partial charge in [0.05, 0.1) is 17.7 Å². The maximum Gasteiger partial charge on any atom is 0.317 e. The van der Waals surface area contributed by atoms with Gasteiger partial charge in [0.1, 0.15) is 11.2 Å². The lowest BCUT2D eigenvalue weighted by Gasteiger charge is -2.34. The molecule has 0 radical (unpaired) electrons. The average Bonchev–Trinajstić information content (AvgIpc) is 2.89. The summed E-state index contributed by atoms with van der Waals surface area (Å²) in [6.45, 7) is 0.771. The number of carbonyl (C=O) groups excluding carboxylic acids is 2. The molecule has 0 aliphatic heterocycles. The van der Waals surface area contributed by atoms with Crippen LogP contribution in [-0.4, -0.2) is 28.8 Å². The van der Waals surface area contributed by atoms with Gasteiger partial charge in [-0.3, -0.25) is 19.7 Å². The molecule has 0 N–H and O–H groups in total. The maximum atomic E-state index is 13.0. The highest BCUT2D eigenvalue weighted by Crippen LogP contribution is 2.41. The Morgan fingerprint density at radius 3 is 2.00 bits per heavy atom. The predicted molar refractivity (Wildman–Crippen MR) is 131 cm³/mol. The Morgan fingerprint density at radius 2 is 1.51 bits per heavy atom. The molecule has 1 aromatic heterocycles. The molecule has 8 heteroatoms. The van der Waals surface area contributed by atoms with Gasteiger partial charge in [0, 0.05) is 32.0 Å². The van der Waals surface area contributed by atoms with E-state index in [1.54, 1.807) is 0 Å². The second-order valence-corrected chi connectivity index (χ2v) is 8.74. The van der Waals surface area contributed by atoms with Gasteiger partial charge >= 0.3 is 11.7 Å². The van der Waals surface area contributed by atoms with Crippen LogP contribution in [0.2, 0.25) is 0 Å². The molecule has 0 atom stereocenters. The highest BCUT2D eigenvalue weighted by Gasteiger charge is 2.46. The number of nitro groups is 1. The topological polar surface area (TPSA) is 103 Å². The summed E-state index contributed by atoms with van der Waals surface area (Å²) in [6.07, 6.45) is 1.00. The number of nitrogens with zero attached hydrogens (tertiary/aromatic N) is 3. The predicted octanol–water partition coefficient (Wildman–Crippen LogP) is 4.75. The van der Waals surface area contributed by atoms with Crippen molar-refractivity contribution in [1.82, 2.24) is 4.98 Å². The second kappa shape index (κ2) is 10.5. The zero-order valence-corrected chi connectivity index (χ0v) is 19.6. The number of aromatic nitrogens is 1. The minimum Gasteiger partial charge on any atom is -0.468 e. The number of benzene rings is 2. The first-order valence-corrected chi connectivity index (χ1v) is 11.5. The molecule has 0 amide bonds. The lowest BCUT2D eigenvalue weighted by Crippen LogP contribution is -2.41. The van der Waals surface area contributed by atoms with E-state index in [9.17, 15) is 19.7 Å². The van der Waals surface area contributed by atoms with Crippen LogP contribution in [0, 0.1) is 10.1 Å². The summed E-state index contributed by atoms with van der Waals surface area (Å²) in [4.78, 5) is 43.1. The van der Waals surface area contributed by atoms with E-state index in [2.05, 4.69) is 0 Å². The van der Waals surface area contributed by atoms with Crippen molar-refractivity contribution in [3.8, 4) is 0 Å². The van der Waals surface area contributed by atoms with E-state index < -0.39 is 16.3 Å². The lowest BCUT2D eigenvalue weighted by atomic mass is 9.71. The van der Waals surface area contributed by atoms with Crippen LogP contribution in [0.1, 0.15) is 42.5 Å². The quantitative estimate of drug-likeness (QED) is 0.264. The molecule has 0 saturated heterocycles. The number of carbonyl (C=O) groups is 2. The average molecular weight is 474 g/mol. The van der Waals surface area contributed by atoms with E-state index in [1.807, 2.05) is 65.6 Å². The van der Waals surface area contributed by atoms with Gasteiger partial charge in [0.2, 0.25) is 5.82 Å². The maximum absolute atomic E-state index is 13.0. The van der Waals surface area contributed by atoms with Gasteiger partial charge in [-0.25, -0.2) is 4.98 Å². The Kier molecular flexibility index (Phi) is 7.19. The van der Waals surface area contributed by atoms with E-state index >= 15 is 0 Å². The molecule has 1 aliphatic carbocycles. The number of hydrogen-bond acceptors (Lipinski definition) is 7. The molecular formula is C27H27N3O5. The Bertz CT molecular complexity index is 1160. The van der Waals surface area contributed by atoms with Crippen LogP contribution in [-0.2, 0) is 32.8 Å². The number of ether oxygens (including phenoxy) is 1. The van der Waals surface area contributed by atoms with Crippen LogP contribution in [0.15, 0.2) is 72.8 Å². The number of esters is 1. The normalized spacial score (nSPS) is 14.8. The zero-order chi connectivity index (χ0) is 24.8. The molecule has 1 heterocycles. The van der Waals surface area contributed by atoms with Gasteiger partial charge < -0.3 is 9.64 Å². The molecule has 8 nitrogen and oxygen atoms in total. The van der Waals surface area contributed by atoms with Gasteiger partial charge in [0.25, 0.3) is 0 Å². The Morgan fingerprint density at radius 1 is 0.971 bits per heavy atom. The van der Waals surface area contributed by atoms with Crippen molar-refractivity contribution in [3.05, 3.63) is 99.7 Å². The van der Waals surface area contributed by atoms with Crippen LogP contribution in [0.4, 0.5) is 11.5 Å². The Labute approximate surface area is 203 Å². The monoisotopic (exact) mass is 473 g/mol. The third-order valence-corrected chi connectivity index (χ3v) is 6.51. The fourth-order valence-electron chi connectivity index (χ4n) is 4.61. The minimum absolute atomic E-state index is 0.0847. The Hall–Kier alpha value is -4.07. The SMILES string of the molecule is COC(=O)C1(c2ccc([N+](=O)[O-])c(N(Cc3ccccc3)Cc3ccccc3)n2)CCC(=O)CC1. The molecule has 1 fully saturated rings. The second-order valence-electron chi connectivity index (χ2n) is 8.74. The fraction of sp³-hybridized carbons (Fsp3) is 0.296. The number of rotatable bonds is 8. The van der Waals surface area contributed by atoms with Crippen molar-refractivity contribution in [3.63, 3.8) is 0 Å². The smallest absolute Gasteiger partial charge is 0.317 e. The van der Waals surface area contributed by atoms with E-state index in [0.29, 0.717) is 18.8 Å². The van der Waals surface area contributed by atoms with Crippen molar-refractivity contribution in [2.45, 2.75) is 44.2 Å². The van der Waals surface area contributed by atoms with Crippen LogP contribution >= 0.6 is 0 Å². The molecule has 4 rings (SSSR count). The molecule has 0 bridgehead atoms. The van der Waals surface area contributed by atoms with Gasteiger partial charge in [-0.05, 0) is 30.0 Å². The van der Waals surface area contributed by atoms with Crippen molar-refractivity contribution in [1.29, 1.82) is 0 Å². The first-order valence-electron chi connectivity index (χ1n) is 11.5. The number of anilines is 1. The molecule has 0 unspecified atom stereocenters. The summed E-state index contributed by atoms with van der Waals surface area (Å²) in [5, 5.41) is 12.0. The lowest BCUT2D eigenvalue weighted by molar-refractivity contribution is -0.384. The van der Waals surface area contributed by atoms with Crippen LogP contribution in [0.3, 0.4) is 0 Å². The van der Waals surface area contributed by atoms with E-state index in [-0.39, 0.29) is 43.0 Å². The summed E-state index contributed by atoms with van der Waals surface area (Å²) in [7, 11) is 1.31. The summed E-state index contributed by atoms with van der Waals surface area (Å²) < 4.78 is 5.11. The molecule has 3 aromatic rings. The van der Waals surface area contributed by atoms with Gasteiger partial charge in [-0.2, -0.15) is 0 Å². The molecule has 180 valence electrons. The highest BCUT2D eigenvalue weighted by atomic mass is 16.6. The van der Waals surface area contributed by atoms with Crippen molar-refractivity contribution >= 4 is 23.3 Å². The van der Waals surface area contributed by atoms with Crippen molar-refractivity contribution < 1.29 is 19.2 Å². The standard InChI is InChI=1S/C27H27N3O5/c1-35-26(32)27(16-14-22(31)15-17-27)24-13-12-23(30(33)34)25(28-24)29(18-20-8-4-2-5-9-20)19-21-10-6-3-7-11-21/h2-13H,14-19H2,1H3.